The summed E-state index contributed by atoms with van der Waals surface area (Å²) in [6, 6.07) is 20.1. The second-order valence-corrected chi connectivity index (χ2v) is 9.56. The van der Waals surface area contributed by atoms with Gasteiger partial charge in [0.1, 0.15) is 5.60 Å². The number of nitrogens with one attached hydrogen (secondary N) is 1. The monoisotopic (exact) mass is 400 g/mol. The molecule has 0 amide bonds. The fraction of sp³-hybridized carbons (Fsp3) is 0.481. The average Bonchev–Trinajstić information content (AvgIpc) is 3.22. The van der Waals surface area contributed by atoms with Gasteiger partial charge in [0.15, 0.2) is 0 Å². The van der Waals surface area contributed by atoms with Crippen LogP contribution in [0, 0.1) is 0 Å². The quantitative estimate of drug-likeness (QED) is 0.581. The van der Waals surface area contributed by atoms with Gasteiger partial charge in [0.05, 0.1) is 12.3 Å². The highest BCUT2D eigenvalue weighted by Crippen LogP contribution is 2.53. The first-order valence-electron chi connectivity index (χ1n) is 11.9. The molecule has 3 heterocycles. The Balaban J connectivity index is 1.38. The molecule has 1 N–H and O–H groups in total. The fourth-order valence-corrected chi connectivity index (χ4v) is 6.59. The van der Waals surface area contributed by atoms with Crippen LogP contribution in [-0.4, -0.2) is 29.6 Å². The van der Waals surface area contributed by atoms with Crippen LogP contribution < -0.4 is 0 Å². The Kier molecular flexibility index (Phi) is 4.51. The Labute approximate surface area is 179 Å². The number of aromatic amines is 1. The molecule has 0 bridgehead atoms. The Morgan fingerprint density at radius 1 is 0.800 bits per heavy atom. The molecule has 1 saturated carbocycles. The van der Waals surface area contributed by atoms with E-state index in [1.54, 1.807) is 0 Å². The van der Waals surface area contributed by atoms with Gasteiger partial charge >= 0.3 is 0 Å². The summed E-state index contributed by atoms with van der Waals surface area (Å²) in [7, 11) is 0. The van der Waals surface area contributed by atoms with Crippen molar-refractivity contribution in [2.45, 2.75) is 62.5 Å². The molecule has 1 saturated heterocycles. The van der Waals surface area contributed by atoms with Crippen molar-refractivity contribution in [1.82, 2.24) is 9.88 Å². The predicted octanol–water partition coefficient (Wildman–Crippen LogP) is 5.89. The smallest absolute Gasteiger partial charge is 0.108 e. The van der Waals surface area contributed by atoms with Crippen molar-refractivity contribution in [2.75, 3.05) is 19.7 Å². The van der Waals surface area contributed by atoms with Crippen LogP contribution in [0.15, 0.2) is 54.6 Å². The van der Waals surface area contributed by atoms with Gasteiger partial charge < -0.3 is 9.72 Å². The van der Waals surface area contributed by atoms with E-state index < -0.39 is 0 Å². The van der Waals surface area contributed by atoms with Gasteiger partial charge in [-0.1, -0.05) is 55.0 Å². The highest BCUT2D eigenvalue weighted by atomic mass is 16.5. The molecule has 1 aliphatic carbocycles. The number of fused-ring (bicyclic) bond motifs is 4. The molecule has 3 nitrogen and oxygen atoms in total. The third-order valence-corrected chi connectivity index (χ3v) is 8.16. The van der Waals surface area contributed by atoms with Gasteiger partial charge in [0, 0.05) is 16.4 Å². The van der Waals surface area contributed by atoms with Crippen LogP contribution in [0.5, 0.6) is 0 Å². The second-order valence-electron chi connectivity index (χ2n) is 9.56. The molecule has 6 rings (SSSR count). The van der Waals surface area contributed by atoms with Gasteiger partial charge in [-0.05, 0) is 75.2 Å². The molecule has 2 fully saturated rings. The summed E-state index contributed by atoms with van der Waals surface area (Å²) in [4.78, 5) is 6.60. The lowest BCUT2D eigenvalue weighted by molar-refractivity contribution is -0.120. The average molecular weight is 401 g/mol. The van der Waals surface area contributed by atoms with Crippen LogP contribution in [0.2, 0.25) is 0 Å². The van der Waals surface area contributed by atoms with E-state index in [9.17, 15) is 0 Å². The summed E-state index contributed by atoms with van der Waals surface area (Å²) in [5.41, 5.74) is 5.68. The third-order valence-electron chi connectivity index (χ3n) is 8.16. The number of hydrogen-bond acceptors (Lipinski definition) is 2. The number of para-hydroxylation sites is 1. The molecular weight excluding hydrogens is 368 g/mol. The number of likely N-dealkylation sites (tertiary alicyclic amines) is 1. The maximum absolute atomic E-state index is 6.63. The van der Waals surface area contributed by atoms with Gasteiger partial charge in [-0.15, -0.1) is 0 Å². The molecule has 2 aromatic carbocycles. The van der Waals surface area contributed by atoms with E-state index in [4.69, 9.17) is 4.74 Å². The van der Waals surface area contributed by atoms with Crippen molar-refractivity contribution >= 4 is 10.9 Å². The molecular formula is C27H32N2O. The molecule has 0 atom stereocenters. The first-order valence-corrected chi connectivity index (χ1v) is 11.9. The number of H-pyrrole nitrogens is 1. The van der Waals surface area contributed by atoms with E-state index in [0.717, 1.165) is 25.9 Å². The second kappa shape index (κ2) is 7.25. The first-order chi connectivity index (χ1) is 14.8. The summed E-state index contributed by atoms with van der Waals surface area (Å²) in [6.07, 6.45) is 9.61. The molecule has 1 aromatic heterocycles. The van der Waals surface area contributed by atoms with Gasteiger partial charge in [-0.2, -0.15) is 0 Å². The standard InChI is InChI=1S/C27H32N2O/c1-3-9-21(10-4-1)26(29-18-7-2-8-19-29)14-16-27(17-15-26)25-23(13-20-30-27)22-11-5-6-12-24(22)28-25/h1,3-6,9-12,28H,2,7-8,13-20H2. The van der Waals surface area contributed by atoms with Crippen molar-refractivity contribution in [2.24, 2.45) is 0 Å². The predicted molar refractivity (Wildman–Crippen MR) is 122 cm³/mol. The van der Waals surface area contributed by atoms with E-state index in [1.165, 1.54) is 72.9 Å². The van der Waals surface area contributed by atoms with E-state index >= 15 is 0 Å². The lowest BCUT2D eigenvalue weighted by Gasteiger charge is -2.53. The van der Waals surface area contributed by atoms with Gasteiger partial charge in [0.2, 0.25) is 0 Å². The number of hydrogen-bond donors (Lipinski definition) is 1. The fourth-order valence-electron chi connectivity index (χ4n) is 6.59. The topological polar surface area (TPSA) is 28.3 Å². The Hall–Kier alpha value is -2.10. The van der Waals surface area contributed by atoms with Crippen LogP contribution in [-0.2, 0) is 22.3 Å². The zero-order valence-corrected chi connectivity index (χ0v) is 17.8. The molecule has 30 heavy (non-hydrogen) atoms. The summed E-state index contributed by atoms with van der Waals surface area (Å²) in [5, 5.41) is 1.39. The third kappa shape index (κ3) is 2.79. The maximum Gasteiger partial charge on any atom is 0.108 e. The maximum atomic E-state index is 6.63. The molecule has 156 valence electrons. The highest BCUT2D eigenvalue weighted by molar-refractivity contribution is 5.85. The van der Waals surface area contributed by atoms with Crippen LogP contribution in [0.3, 0.4) is 0 Å². The number of rotatable bonds is 2. The lowest BCUT2D eigenvalue weighted by Crippen LogP contribution is -2.54. The lowest BCUT2D eigenvalue weighted by atomic mass is 9.67. The van der Waals surface area contributed by atoms with E-state index in [1.807, 2.05) is 0 Å². The van der Waals surface area contributed by atoms with Gasteiger partial charge in [0.25, 0.3) is 0 Å². The van der Waals surface area contributed by atoms with Crippen molar-refractivity contribution in [3.63, 3.8) is 0 Å². The normalized spacial score (nSPS) is 29.9. The van der Waals surface area contributed by atoms with Crippen molar-refractivity contribution in [3.05, 3.63) is 71.4 Å². The minimum Gasteiger partial charge on any atom is -0.368 e. The number of piperidine rings is 1. The Morgan fingerprint density at radius 2 is 1.53 bits per heavy atom. The van der Waals surface area contributed by atoms with Crippen LogP contribution in [0.25, 0.3) is 10.9 Å². The molecule has 1 spiro atoms. The zero-order valence-electron chi connectivity index (χ0n) is 17.8. The van der Waals surface area contributed by atoms with Crippen LogP contribution in [0.4, 0.5) is 0 Å². The first kappa shape index (κ1) is 18.7. The molecule has 2 aliphatic heterocycles. The molecule has 0 unspecified atom stereocenters. The number of nitrogens with zero attached hydrogens (tertiary/aromatic N) is 1. The van der Waals surface area contributed by atoms with Crippen LogP contribution >= 0.6 is 0 Å². The van der Waals surface area contributed by atoms with Crippen LogP contribution in [0.1, 0.15) is 61.8 Å². The molecule has 3 aliphatic rings. The van der Waals surface area contributed by atoms with Gasteiger partial charge in [-0.25, -0.2) is 0 Å². The minimum absolute atomic E-state index is 0.138. The summed E-state index contributed by atoms with van der Waals surface area (Å²) >= 11 is 0. The van der Waals surface area contributed by atoms with E-state index in [-0.39, 0.29) is 11.1 Å². The molecule has 0 radical (unpaired) electrons. The highest BCUT2D eigenvalue weighted by Gasteiger charge is 2.50. The zero-order chi connectivity index (χ0) is 20.0. The minimum atomic E-state index is -0.138. The van der Waals surface area contributed by atoms with E-state index in [2.05, 4.69) is 64.5 Å². The van der Waals surface area contributed by atoms with Crippen molar-refractivity contribution < 1.29 is 4.74 Å². The summed E-state index contributed by atoms with van der Waals surface area (Å²) in [6.45, 7) is 3.32. The summed E-state index contributed by atoms with van der Waals surface area (Å²) < 4.78 is 6.63. The largest absolute Gasteiger partial charge is 0.368 e. The summed E-state index contributed by atoms with van der Waals surface area (Å²) in [5.74, 6) is 0. The van der Waals surface area contributed by atoms with Crippen molar-refractivity contribution in [1.29, 1.82) is 0 Å². The van der Waals surface area contributed by atoms with Crippen molar-refractivity contribution in [3.8, 4) is 0 Å². The Morgan fingerprint density at radius 3 is 2.33 bits per heavy atom. The number of aromatic nitrogens is 1. The van der Waals surface area contributed by atoms with E-state index in [0.29, 0.717) is 0 Å². The number of ether oxygens (including phenoxy) is 1. The Bertz CT molecular complexity index is 1020. The number of benzene rings is 2. The SMILES string of the molecule is c1ccc(C2(N3CCCCC3)CCC3(CC2)OCCc2c3[nH]c3ccccc23)cc1. The molecule has 3 heteroatoms. The molecule has 3 aromatic rings. The van der Waals surface area contributed by atoms with Gasteiger partial charge in [-0.3, -0.25) is 4.90 Å².